The molecule has 8 nitrogen and oxygen atoms in total. The molecule has 28 heavy (non-hydrogen) atoms. The lowest BCUT2D eigenvalue weighted by molar-refractivity contribution is -0.384. The molecule has 0 radical (unpaired) electrons. The van der Waals surface area contributed by atoms with Crippen LogP contribution in [0.1, 0.15) is 22.8 Å². The molecule has 0 aliphatic carbocycles. The SMILES string of the molecule is C[C@H](OC(=O)c1cc([N+](=O)[O-])ccc1N)C(=O)Nc1ccccc1C(F)(F)F. The van der Waals surface area contributed by atoms with Crippen LogP contribution in [0.25, 0.3) is 0 Å². The molecular weight excluding hydrogens is 383 g/mol. The first-order valence-corrected chi connectivity index (χ1v) is 7.72. The number of nitrogens with two attached hydrogens (primary N) is 1. The number of esters is 1. The summed E-state index contributed by atoms with van der Waals surface area (Å²) in [6, 6.07) is 7.37. The topological polar surface area (TPSA) is 125 Å². The predicted molar refractivity (Wildman–Crippen MR) is 92.5 cm³/mol. The van der Waals surface area contributed by atoms with Crippen molar-refractivity contribution in [3.8, 4) is 0 Å². The number of anilines is 2. The zero-order chi connectivity index (χ0) is 21.1. The molecule has 3 N–H and O–H groups in total. The maximum Gasteiger partial charge on any atom is 0.418 e. The monoisotopic (exact) mass is 397 g/mol. The van der Waals surface area contributed by atoms with Gasteiger partial charge in [-0.3, -0.25) is 14.9 Å². The largest absolute Gasteiger partial charge is 0.449 e. The van der Waals surface area contributed by atoms with Crippen LogP contribution in [0.5, 0.6) is 0 Å². The summed E-state index contributed by atoms with van der Waals surface area (Å²) >= 11 is 0. The predicted octanol–water partition coefficient (Wildman–Crippen LogP) is 3.38. The van der Waals surface area contributed by atoms with Crippen molar-refractivity contribution in [2.75, 3.05) is 11.1 Å². The number of nitrogens with one attached hydrogen (secondary N) is 1. The van der Waals surface area contributed by atoms with E-state index in [1.54, 1.807) is 0 Å². The quantitative estimate of drug-likeness (QED) is 0.345. The van der Waals surface area contributed by atoms with Gasteiger partial charge in [0.25, 0.3) is 11.6 Å². The molecule has 1 amide bonds. The maximum atomic E-state index is 13.0. The Morgan fingerprint density at radius 2 is 1.86 bits per heavy atom. The van der Waals surface area contributed by atoms with Gasteiger partial charge in [0.05, 0.1) is 21.7 Å². The highest BCUT2D eigenvalue weighted by molar-refractivity contribution is 6.00. The normalized spacial score (nSPS) is 12.1. The fraction of sp³-hybridized carbons (Fsp3) is 0.176. The van der Waals surface area contributed by atoms with Gasteiger partial charge in [0.2, 0.25) is 0 Å². The molecule has 0 bridgehead atoms. The average molecular weight is 397 g/mol. The first kappa shape index (κ1) is 20.7. The number of carbonyl (C=O) groups is 2. The number of nitro benzene ring substituents is 1. The lowest BCUT2D eigenvalue weighted by Gasteiger charge is -2.17. The third kappa shape index (κ3) is 4.75. The van der Waals surface area contributed by atoms with Gasteiger partial charge in [-0.2, -0.15) is 13.2 Å². The highest BCUT2D eigenvalue weighted by Crippen LogP contribution is 2.34. The number of halogens is 3. The van der Waals surface area contributed by atoms with Crippen LogP contribution in [-0.2, 0) is 15.7 Å². The van der Waals surface area contributed by atoms with E-state index in [-0.39, 0.29) is 11.3 Å². The minimum atomic E-state index is -4.69. The molecule has 1 atom stereocenters. The number of ether oxygens (including phenoxy) is 1. The van der Waals surface area contributed by atoms with Crippen molar-refractivity contribution in [3.05, 3.63) is 63.7 Å². The number of amides is 1. The van der Waals surface area contributed by atoms with Crippen LogP contribution in [0.15, 0.2) is 42.5 Å². The smallest absolute Gasteiger partial charge is 0.418 e. The summed E-state index contributed by atoms with van der Waals surface area (Å²) in [5.41, 5.74) is 3.14. The van der Waals surface area contributed by atoms with Crippen LogP contribution in [0.2, 0.25) is 0 Å². The second-order valence-corrected chi connectivity index (χ2v) is 5.61. The lowest BCUT2D eigenvalue weighted by Crippen LogP contribution is -2.31. The summed E-state index contributed by atoms with van der Waals surface area (Å²) in [5.74, 6) is -2.15. The number of hydrogen-bond acceptors (Lipinski definition) is 6. The molecule has 0 unspecified atom stereocenters. The highest BCUT2D eigenvalue weighted by atomic mass is 19.4. The Morgan fingerprint density at radius 1 is 1.21 bits per heavy atom. The molecule has 0 fully saturated rings. The van der Waals surface area contributed by atoms with Crippen molar-refractivity contribution in [2.24, 2.45) is 0 Å². The second-order valence-electron chi connectivity index (χ2n) is 5.61. The minimum Gasteiger partial charge on any atom is -0.449 e. The first-order valence-electron chi connectivity index (χ1n) is 7.72. The molecule has 0 saturated carbocycles. The third-order valence-corrected chi connectivity index (χ3v) is 3.61. The molecule has 2 aromatic carbocycles. The Labute approximate surface area is 156 Å². The van der Waals surface area contributed by atoms with E-state index < -0.39 is 46.0 Å². The summed E-state index contributed by atoms with van der Waals surface area (Å²) < 4.78 is 43.8. The van der Waals surface area contributed by atoms with Crippen molar-refractivity contribution in [2.45, 2.75) is 19.2 Å². The van der Waals surface area contributed by atoms with Gasteiger partial charge in [-0.05, 0) is 25.1 Å². The van der Waals surface area contributed by atoms with Crippen molar-refractivity contribution in [1.82, 2.24) is 0 Å². The van der Waals surface area contributed by atoms with Crippen molar-refractivity contribution < 1.29 is 32.4 Å². The van der Waals surface area contributed by atoms with Crippen LogP contribution in [-0.4, -0.2) is 22.9 Å². The molecule has 148 valence electrons. The molecule has 0 heterocycles. The van der Waals surface area contributed by atoms with E-state index >= 15 is 0 Å². The van der Waals surface area contributed by atoms with E-state index in [9.17, 15) is 32.9 Å². The number of carbonyl (C=O) groups excluding carboxylic acids is 2. The Bertz CT molecular complexity index is 930. The van der Waals surface area contributed by atoms with Crippen LogP contribution >= 0.6 is 0 Å². The molecular formula is C17H14F3N3O5. The van der Waals surface area contributed by atoms with Crippen LogP contribution in [0.4, 0.5) is 30.2 Å². The van der Waals surface area contributed by atoms with Gasteiger partial charge in [0.1, 0.15) is 0 Å². The molecule has 0 saturated heterocycles. The number of non-ortho nitro benzene ring substituents is 1. The van der Waals surface area contributed by atoms with Gasteiger partial charge in [0, 0.05) is 17.8 Å². The van der Waals surface area contributed by atoms with Crippen molar-refractivity contribution in [3.63, 3.8) is 0 Å². The molecule has 0 aliphatic rings. The molecule has 0 aromatic heterocycles. The second kappa shape index (κ2) is 7.94. The Hall–Kier alpha value is -3.63. The maximum absolute atomic E-state index is 13.0. The summed E-state index contributed by atoms with van der Waals surface area (Å²) in [4.78, 5) is 34.3. The molecule has 0 spiro atoms. The van der Waals surface area contributed by atoms with Gasteiger partial charge in [-0.25, -0.2) is 4.79 Å². The number of benzene rings is 2. The fourth-order valence-corrected chi connectivity index (χ4v) is 2.19. The number of alkyl halides is 3. The molecule has 0 aliphatic heterocycles. The van der Waals surface area contributed by atoms with E-state index in [2.05, 4.69) is 0 Å². The molecule has 2 aromatic rings. The number of nitro groups is 1. The van der Waals surface area contributed by atoms with Crippen molar-refractivity contribution >= 4 is 28.9 Å². The zero-order valence-corrected chi connectivity index (χ0v) is 14.3. The Balaban J connectivity index is 2.15. The first-order chi connectivity index (χ1) is 13.0. The van der Waals surface area contributed by atoms with Crippen LogP contribution in [0, 0.1) is 10.1 Å². The van der Waals surface area contributed by atoms with E-state index in [1.165, 1.54) is 6.07 Å². The number of nitrogens with zero attached hydrogens (tertiary/aromatic N) is 1. The Kier molecular flexibility index (Phi) is 5.87. The van der Waals surface area contributed by atoms with Gasteiger partial charge < -0.3 is 15.8 Å². The summed E-state index contributed by atoms with van der Waals surface area (Å²) in [6.45, 7) is 1.14. The fourth-order valence-electron chi connectivity index (χ4n) is 2.19. The van der Waals surface area contributed by atoms with Gasteiger partial charge in [-0.15, -0.1) is 0 Å². The van der Waals surface area contributed by atoms with Crippen LogP contribution < -0.4 is 11.1 Å². The van der Waals surface area contributed by atoms with Gasteiger partial charge in [0.15, 0.2) is 6.10 Å². The zero-order valence-electron chi connectivity index (χ0n) is 14.3. The lowest BCUT2D eigenvalue weighted by atomic mass is 10.1. The number of para-hydroxylation sites is 1. The molecule has 2 rings (SSSR count). The van der Waals surface area contributed by atoms with E-state index in [0.29, 0.717) is 0 Å². The number of rotatable bonds is 5. The Morgan fingerprint density at radius 3 is 2.46 bits per heavy atom. The number of nitrogen functional groups attached to an aromatic ring is 1. The van der Waals surface area contributed by atoms with E-state index in [1.807, 2.05) is 5.32 Å². The summed E-state index contributed by atoms with van der Waals surface area (Å²) in [7, 11) is 0. The summed E-state index contributed by atoms with van der Waals surface area (Å²) in [5, 5.41) is 12.8. The van der Waals surface area contributed by atoms with E-state index in [0.717, 1.165) is 43.3 Å². The highest BCUT2D eigenvalue weighted by Gasteiger charge is 2.34. The van der Waals surface area contributed by atoms with Crippen molar-refractivity contribution in [1.29, 1.82) is 0 Å². The third-order valence-electron chi connectivity index (χ3n) is 3.61. The summed E-state index contributed by atoms with van der Waals surface area (Å²) in [6.07, 6.45) is -6.19. The van der Waals surface area contributed by atoms with Gasteiger partial charge in [-0.1, -0.05) is 12.1 Å². The average Bonchev–Trinajstić information content (AvgIpc) is 2.61. The van der Waals surface area contributed by atoms with Gasteiger partial charge >= 0.3 is 12.1 Å². The number of hydrogen-bond donors (Lipinski definition) is 2. The van der Waals surface area contributed by atoms with Crippen LogP contribution in [0.3, 0.4) is 0 Å². The standard InChI is InChI=1S/C17H14F3N3O5/c1-9(15(24)22-14-5-3-2-4-12(14)17(18,19)20)28-16(25)11-8-10(23(26)27)6-7-13(11)21/h2-9H,21H2,1H3,(H,22,24)/t9-/m0/s1. The van der Waals surface area contributed by atoms with E-state index in [4.69, 9.17) is 10.5 Å². The minimum absolute atomic E-state index is 0.120. The molecule has 11 heteroatoms.